The number of nitrogens with one attached hydrogen (secondary N) is 1. The molecule has 0 spiro atoms. The molecule has 3 nitrogen and oxygen atoms in total. The van der Waals surface area contributed by atoms with Crippen molar-refractivity contribution < 1.29 is 4.79 Å². The van der Waals surface area contributed by atoms with Crippen LogP contribution >= 0.6 is 22.9 Å². The zero-order valence-corrected chi connectivity index (χ0v) is 19.3. The molecule has 3 aromatic carbocycles. The normalized spacial score (nSPS) is 12.4. The van der Waals surface area contributed by atoms with Crippen LogP contribution in [0.15, 0.2) is 65.5 Å². The summed E-state index contributed by atoms with van der Waals surface area (Å²) in [6.45, 7) is 6.28. The highest BCUT2D eigenvalue weighted by Crippen LogP contribution is 2.29. The summed E-state index contributed by atoms with van der Waals surface area (Å²) >= 11 is 7.62. The molecular weight excluding hydrogens is 426 g/mol. The van der Waals surface area contributed by atoms with Gasteiger partial charge in [-0.2, -0.15) is 0 Å². The van der Waals surface area contributed by atoms with Crippen LogP contribution in [0.3, 0.4) is 0 Å². The monoisotopic (exact) mass is 449 g/mol. The molecule has 31 heavy (non-hydrogen) atoms. The number of benzene rings is 3. The third kappa shape index (κ3) is 4.65. The molecule has 1 atom stereocenters. The first-order valence-electron chi connectivity index (χ1n) is 10.4. The molecule has 5 heteroatoms. The summed E-state index contributed by atoms with van der Waals surface area (Å²) in [7, 11) is 0. The van der Waals surface area contributed by atoms with Crippen LogP contribution in [-0.4, -0.2) is 5.91 Å². The number of hydrogen-bond donors (Lipinski definition) is 1. The second-order valence-corrected chi connectivity index (χ2v) is 9.85. The van der Waals surface area contributed by atoms with Crippen molar-refractivity contribution in [1.82, 2.24) is 0 Å². The van der Waals surface area contributed by atoms with Crippen molar-refractivity contribution in [3.8, 4) is 0 Å². The molecule has 4 rings (SSSR count). The van der Waals surface area contributed by atoms with Gasteiger partial charge in [-0.3, -0.25) is 9.59 Å². The van der Waals surface area contributed by atoms with Crippen LogP contribution in [0, 0.1) is 5.92 Å². The number of anilines is 1. The van der Waals surface area contributed by atoms with Gasteiger partial charge in [0.1, 0.15) is 0 Å². The highest BCUT2D eigenvalue weighted by Gasteiger charge is 2.16. The van der Waals surface area contributed by atoms with Crippen molar-refractivity contribution in [3.63, 3.8) is 0 Å². The molecule has 1 unspecified atom stereocenters. The molecule has 0 radical (unpaired) electrons. The van der Waals surface area contributed by atoms with E-state index < -0.39 is 0 Å². The molecule has 1 aromatic heterocycles. The molecule has 1 N–H and O–H groups in total. The molecule has 0 saturated carbocycles. The van der Waals surface area contributed by atoms with Gasteiger partial charge in [-0.15, -0.1) is 11.3 Å². The van der Waals surface area contributed by atoms with E-state index in [2.05, 4.69) is 31.3 Å². The van der Waals surface area contributed by atoms with E-state index in [0.29, 0.717) is 27.4 Å². The quantitative estimate of drug-likeness (QED) is 0.333. The Kier molecular flexibility index (Phi) is 6.12. The number of fused-ring (bicyclic) bond motifs is 2. The molecule has 1 amide bonds. The van der Waals surface area contributed by atoms with Gasteiger partial charge in [-0.25, -0.2) is 0 Å². The van der Waals surface area contributed by atoms with Crippen molar-refractivity contribution in [2.75, 3.05) is 5.32 Å². The van der Waals surface area contributed by atoms with E-state index in [1.54, 1.807) is 18.2 Å². The van der Waals surface area contributed by atoms with Crippen LogP contribution in [0.2, 0.25) is 5.02 Å². The van der Waals surface area contributed by atoms with Gasteiger partial charge in [0, 0.05) is 30.9 Å². The third-order valence-electron chi connectivity index (χ3n) is 5.41. The van der Waals surface area contributed by atoms with E-state index in [1.165, 1.54) is 16.9 Å². The fraction of sp³-hybridized carbons (Fsp3) is 0.231. The number of rotatable bonds is 5. The first-order chi connectivity index (χ1) is 14.8. The summed E-state index contributed by atoms with van der Waals surface area (Å²) in [5, 5.41) is 4.69. The third-order valence-corrected chi connectivity index (χ3v) is 6.80. The highest BCUT2D eigenvalue weighted by molar-refractivity contribution is 7.24. The summed E-state index contributed by atoms with van der Waals surface area (Å²) in [6.07, 6.45) is 1.02. The predicted molar refractivity (Wildman–Crippen MR) is 133 cm³/mol. The van der Waals surface area contributed by atoms with Gasteiger partial charge in [-0.1, -0.05) is 49.7 Å². The molecule has 0 saturated heterocycles. The first-order valence-corrected chi connectivity index (χ1v) is 11.6. The van der Waals surface area contributed by atoms with Gasteiger partial charge in [0.15, 0.2) is 5.43 Å². The maximum Gasteiger partial charge on any atom is 0.231 e. The molecule has 0 bridgehead atoms. The van der Waals surface area contributed by atoms with Gasteiger partial charge in [0.05, 0.1) is 5.92 Å². The molecule has 1 heterocycles. The van der Waals surface area contributed by atoms with E-state index in [1.807, 2.05) is 37.3 Å². The smallest absolute Gasteiger partial charge is 0.231 e. The highest BCUT2D eigenvalue weighted by atomic mass is 35.5. The van der Waals surface area contributed by atoms with E-state index in [-0.39, 0.29) is 17.3 Å². The number of hydrogen-bond acceptors (Lipinski definition) is 3. The van der Waals surface area contributed by atoms with Crippen LogP contribution in [-0.2, 0) is 11.2 Å². The van der Waals surface area contributed by atoms with Crippen molar-refractivity contribution in [2.24, 2.45) is 5.92 Å². The van der Waals surface area contributed by atoms with Crippen LogP contribution in [0.4, 0.5) is 5.69 Å². The van der Waals surface area contributed by atoms with Gasteiger partial charge in [0.25, 0.3) is 0 Å². The van der Waals surface area contributed by atoms with Crippen LogP contribution in [0.1, 0.15) is 37.8 Å². The van der Waals surface area contributed by atoms with Gasteiger partial charge in [-0.05, 0) is 66.8 Å². The van der Waals surface area contributed by atoms with E-state index in [9.17, 15) is 9.59 Å². The molecule has 0 aliphatic rings. The number of halogens is 1. The number of carbonyl (C=O) groups is 1. The Hall–Kier alpha value is -2.69. The fourth-order valence-corrected chi connectivity index (χ4v) is 4.93. The topological polar surface area (TPSA) is 46.2 Å². The molecule has 0 fully saturated rings. The summed E-state index contributed by atoms with van der Waals surface area (Å²) in [4.78, 5) is 25.8. The van der Waals surface area contributed by atoms with Crippen molar-refractivity contribution >= 4 is 54.7 Å². The molecule has 158 valence electrons. The van der Waals surface area contributed by atoms with Gasteiger partial charge in [0.2, 0.25) is 5.91 Å². The lowest BCUT2D eigenvalue weighted by atomic mass is 9.96. The minimum Gasteiger partial charge on any atom is -0.326 e. The average molecular weight is 450 g/mol. The Morgan fingerprint density at radius 3 is 2.26 bits per heavy atom. The Morgan fingerprint density at radius 2 is 1.58 bits per heavy atom. The largest absolute Gasteiger partial charge is 0.326 e. The summed E-state index contributed by atoms with van der Waals surface area (Å²) in [5.74, 6) is 0.198. The van der Waals surface area contributed by atoms with Crippen LogP contribution < -0.4 is 10.7 Å². The zero-order valence-electron chi connectivity index (χ0n) is 17.7. The fourth-order valence-electron chi connectivity index (χ4n) is 3.72. The lowest BCUT2D eigenvalue weighted by Gasteiger charge is -2.14. The summed E-state index contributed by atoms with van der Waals surface area (Å²) in [6, 6.07) is 19.1. The first kappa shape index (κ1) is 21.5. The van der Waals surface area contributed by atoms with E-state index in [0.717, 1.165) is 21.4 Å². The minimum atomic E-state index is -0.297. The summed E-state index contributed by atoms with van der Waals surface area (Å²) < 4.78 is 1.78. The number of carbonyl (C=O) groups excluding carboxylic acids is 1. The molecular formula is C26H24ClNO2S. The molecule has 0 aliphatic carbocycles. The Balaban J connectivity index is 1.58. The summed E-state index contributed by atoms with van der Waals surface area (Å²) in [5.41, 5.74) is 2.79. The van der Waals surface area contributed by atoms with E-state index in [4.69, 9.17) is 11.6 Å². The second kappa shape index (κ2) is 8.81. The maximum absolute atomic E-state index is 13.0. The predicted octanol–water partition coefficient (Wildman–Crippen LogP) is 7.01. The van der Waals surface area contributed by atoms with Crippen LogP contribution in [0.25, 0.3) is 20.2 Å². The second-order valence-electron chi connectivity index (χ2n) is 8.33. The Labute approximate surface area is 190 Å². The van der Waals surface area contributed by atoms with Crippen molar-refractivity contribution in [1.29, 1.82) is 0 Å². The molecule has 0 aliphatic heterocycles. The van der Waals surface area contributed by atoms with Gasteiger partial charge >= 0.3 is 0 Å². The van der Waals surface area contributed by atoms with Crippen LogP contribution in [0.5, 0.6) is 0 Å². The average Bonchev–Trinajstić information content (AvgIpc) is 2.74. The zero-order chi connectivity index (χ0) is 22.1. The number of amides is 1. The Bertz CT molecular complexity index is 1330. The Morgan fingerprint density at radius 1 is 0.935 bits per heavy atom. The standard InChI is InChI=1S/C26H24ClNO2S/c1-15(2)12-17-4-6-18(7-5-17)16(3)26(30)28-20-9-11-24-22(14-20)25(29)21-13-19(27)8-10-23(21)31-24/h4-11,13-16H,12H2,1-3H3,(H,28,30). The van der Waals surface area contributed by atoms with Crippen molar-refractivity contribution in [2.45, 2.75) is 33.1 Å². The molecule has 4 aromatic rings. The lowest BCUT2D eigenvalue weighted by molar-refractivity contribution is -0.117. The van der Waals surface area contributed by atoms with Crippen molar-refractivity contribution in [3.05, 3.63) is 87.0 Å². The van der Waals surface area contributed by atoms with Gasteiger partial charge < -0.3 is 5.32 Å². The lowest BCUT2D eigenvalue weighted by Crippen LogP contribution is -2.19. The maximum atomic E-state index is 13.0. The van der Waals surface area contributed by atoms with E-state index >= 15 is 0 Å². The SMILES string of the molecule is CC(C)Cc1ccc(C(C)C(=O)Nc2ccc3sc4ccc(Cl)cc4c(=O)c3c2)cc1. The minimum absolute atomic E-state index is 0.0730.